The van der Waals surface area contributed by atoms with Crippen LogP contribution in [0.4, 0.5) is 13.2 Å². The van der Waals surface area contributed by atoms with E-state index in [1.807, 2.05) is 0 Å². The fourth-order valence-corrected chi connectivity index (χ4v) is 0.576. The molecule has 11 heavy (non-hydrogen) atoms. The van der Waals surface area contributed by atoms with E-state index in [0.29, 0.717) is 0 Å². The zero-order valence-electron chi connectivity index (χ0n) is 5.26. The second kappa shape index (κ2) is 3.77. The molecule has 0 aliphatic carbocycles. The molecule has 1 aromatic rings. The van der Waals surface area contributed by atoms with E-state index in [9.17, 15) is 13.2 Å². The monoisotopic (exact) mass is 203 g/mol. The van der Waals surface area contributed by atoms with Gasteiger partial charge >= 0.3 is 6.18 Å². The van der Waals surface area contributed by atoms with Crippen molar-refractivity contribution in [2.24, 2.45) is 0 Å². The Bertz CT molecular complexity index is 205. The van der Waals surface area contributed by atoms with Crippen LogP contribution in [-0.2, 0) is 22.7 Å². The quantitative estimate of drug-likeness (QED) is 0.449. The number of halogens is 3. The topological polar surface area (TPSA) is 0 Å². The Labute approximate surface area is 72.3 Å². The van der Waals surface area contributed by atoms with Crippen molar-refractivity contribution < 1.29 is 29.7 Å². The van der Waals surface area contributed by atoms with E-state index >= 15 is 0 Å². The molecule has 0 spiro atoms. The van der Waals surface area contributed by atoms with Gasteiger partial charge in [0.25, 0.3) is 0 Å². The zero-order valence-corrected chi connectivity index (χ0v) is 6.25. The van der Waals surface area contributed by atoms with Gasteiger partial charge in [-0.05, 0) is 0 Å². The first kappa shape index (κ1) is 10.5. The van der Waals surface area contributed by atoms with E-state index in [-0.39, 0.29) is 16.5 Å². The van der Waals surface area contributed by atoms with E-state index in [0.717, 1.165) is 12.1 Å². The van der Waals surface area contributed by atoms with Gasteiger partial charge in [0, 0.05) is 16.5 Å². The van der Waals surface area contributed by atoms with Gasteiger partial charge in [0.1, 0.15) is 0 Å². The molecule has 0 radical (unpaired) electrons. The van der Waals surface area contributed by atoms with E-state index in [1.54, 1.807) is 0 Å². The molecule has 0 aliphatic rings. The summed E-state index contributed by atoms with van der Waals surface area (Å²) in [6, 6.07) is 6.95. The van der Waals surface area contributed by atoms with Gasteiger partial charge in [0.05, 0.1) is 0 Å². The second-order valence-corrected chi connectivity index (χ2v) is 1.79. The summed E-state index contributed by atoms with van der Waals surface area (Å²) in [5.41, 5.74) is -0.633. The second-order valence-electron chi connectivity index (χ2n) is 1.79. The summed E-state index contributed by atoms with van der Waals surface area (Å²) in [6.45, 7) is 0. The first-order chi connectivity index (χ1) is 4.61. The van der Waals surface area contributed by atoms with Crippen molar-refractivity contribution in [1.29, 1.82) is 0 Å². The predicted molar refractivity (Wildman–Crippen MR) is 30.3 cm³/mol. The van der Waals surface area contributed by atoms with Crippen molar-refractivity contribution in [3.8, 4) is 0 Å². The molecule has 1 aromatic carbocycles. The molecule has 1 rings (SSSR count). The Kier molecular flexibility index (Phi) is 3.60. The van der Waals surface area contributed by atoms with Gasteiger partial charge in [-0.15, -0.1) is 0 Å². The summed E-state index contributed by atoms with van der Waals surface area (Å²) in [4.78, 5) is 0. The largest absolute Gasteiger partial charge is 0.394 e. The zero-order chi connectivity index (χ0) is 7.61. The molecule has 0 aliphatic heterocycles. The van der Waals surface area contributed by atoms with Crippen molar-refractivity contribution in [1.82, 2.24) is 0 Å². The van der Waals surface area contributed by atoms with Crippen LogP contribution >= 0.6 is 0 Å². The Morgan fingerprint density at radius 2 is 1.55 bits per heavy atom. The maximum atomic E-state index is 11.8. The Morgan fingerprint density at radius 1 is 1.09 bits per heavy atom. The number of hydrogen-bond donors (Lipinski definition) is 0. The Morgan fingerprint density at radius 3 is 1.82 bits per heavy atom. The maximum Gasteiger partial charge on any atom is 0.394 e. The van der Waals surface area contributed by atoms with Crippen LogP contribution in [0.5, 0.6) is 0 Å². The molecule has 0 unspecified atom stereocenters. The third-order valence-corrected chi connectivity index (χ3v) is 1.05. The minimum absolute atomic E-state index is 0. The molecule has 4 heteroatoms. The van der Waals surface area contributed by atoms with E-state index < -0.39 is 11.7 Å². The van der Waals surface area contributed by atoms with E-state index in [1.165, 1.54) is 12.1 Å². The number of alkyl halides is 3. The Hall–Kier alpha value is -0.496. The summed E-state index contributed by atoms with van der Waals surface area (Å²) in [6.07, 6.45) is -4.23. The van der Waals surface area contributed by atoms with Crippen molar-refractivity contribution in [2.75, 3.05) is 0 Å². The first-order valence-corrected chi connectivity index (χ1v) is 2.64. The summed E-state index contributed by atoms with van der Waals surface area (Å²) < 4.78 is 35.3. The molecule has 0 bridgehead atoms. The van der Waals surface area contributed by atoms with Crippen LogP contribution in [0.1, 0.15) is 5.56 Å². The number of rotatable bonds is 0. The van der Waals surface area contributed by atoms with Crippen LogP contribution in [0.3, 0.4) is 0 Å². The fourth-order valence-electron chi connectivity index (χ4n) is 0.576. The van der Waals surface area contributed by atoms with E-state index in [4.69, 9.17) is 0 Å². The van der Waals surface area contributed by atoms with Gasteiger partial charge in [0.2, 0.25) is 0 Å². The molecule has 0 fully saturated rings. The number of benzene rings is 1. The van der Waals surface area contributed by atoms with E-state index in [2.05, 4.69) is 6.07 Å². The molecule has 0 amide bonds. The van der Waals surface area contributed by atoms with Crippen molar-refractivity contribution in [3.63, 3.8) is 0 Å². The molecule has 64 valence electrons. The van der Waals surface area contributed by atoms with Crippen LogP contribution < -0.4 is 0 Å². The summed E-state index contributed by atoms with van der Waals surface area (Å²) in [5.74, 6) is 0. The van der Waals surface area contributed by atoms with Gasteiger partial charge in [-0.2, -0.15) is 43.5 Å². The predicted octanol–water partition coefficient (Wildman–Crippen LogP) is 2.50. The minimum Gasteiger partial charge on any atom is -0.184 e. The van der Waals surface area contributed by atoms with Crippen molar-refractivity contribution >= 4 is 0 Å². The third kappa shape index (κ3) is 2.93. The smallest absolute Gasteiger partial charge is 0.184 e. The summed E-state index contributed by atoms with van der Waals surface area (Å²) in [5, 5.41) is 0. The fraction of sp³-hybridized carbons (Fsp3) is 0.143. The molecular formula is C7H4F3Ni-. The molecular weight excluding hydrogens is 200 g/mol. The van der Waals surface area contributed by atoms with Crippen molar-refractivity contribution in [2.45, 2.75) is 6.18 Å². The molecule has 0 N–H and O–H groups in total. The standard InChI is InChI=1S/C7H4F3.Ni/c8-7(9,10)6-4-2-1-3-5-6;/h2-5H;/q-1;. The van der Waals surface area contributed by atoms with Gasteiger partial charge < -0.3 is 0 Å². The van der Waals surface area contributed by atoms with Gasteiger partial charge in [-0.1, -0.05) is 5.56 Å². The van der Waals surface area contributed by atoms with Gasteiger partial charge in [-0.25, -0.2) is 0 Å². The molecule has 0 atom stereocenters. The summed E-state index contributed by atoms with van der Waals surface area (Å²) in [7, 11) is 0. The van der Waals surface area contributed by atoms with Crippen LogP contribution in [0.2, 0.25) is 0 Å². The maximum absolute atomic E-state index is 11.8. The molecule has 0 saturated carbocycles. The van der Waals surface area contributed by atoms with Crippen LogP contribution in [-0.4, -0.2) is 0 Å². The number of hydrogen-bond acceptors (Lipinski definition) is 0. The molecule has 0 aromatic heterocycles. The average Bonchev–Trinajstić information content (AvgIpc) is 1.88. The third-order valence-electron chi connectivity index (χ3n) is 1.05. The van der Waals surface area contributed by atoms with Gasteiger partial charge in [-0.3, -0.25) is 0 Å². The minimum atomic E-state index is -4.23. The molecule has 0 saturated heterocycles. The normalized spacial score (nSPS) is 10.5. The Balaban J connectivity index is 0.000001000. The summed E-state index contributed by atoms with van der Waals surface area (Å²) >= 11 is 0. The average molecular weight is 204 g/mol. The van der Waals surface area contributed by atoms with Crippen LogP contribution in [0.15, 0.2) is 24.3 Å². The molecule has 0 heterocycles. The first-order valence-electron chi connectivity index (χ1n) is 2.64. The van der Waals surface area contributed by atoms with Crippen LogP contribution in [0.25, 0.3) is 0 Å². The molecule has 0 nitrogen and oxygen atoms in total. The SMILES string of the molecule is FC(F)(F)c1cc[c-]cc1.[Ni]. The van der Waals surface area contributed by atoms with Gasteiger partial charge in [0.15, 0.2) is 0 Å². The van der Waals surface area contributed by atoms with Crippen LogP contribution in [0, 0.1) is 6.07 Å². The van der Waals surface area contributed by atoms with Crippen molar-refractivity contribution in [3.05, 3.63) is 35.9 Å².